The van der Waals surface area contributed by atoms with Crippen molar-refractivity contribution in [2.45, 2.75) is 0 Å². The third kappa shape index (κ3) is 4.92. The lowest BCUT2D eigenvalue weighted by Crippen LogP contribution is -2.10. The molecule has 0 fully saturated rings. The first-order valence-corrected chi connectivity index (χ1v) is 19.3. The molecule has 54 heavy (non-hydrogen) atoms. The first kappa shape index (κ1) is 30.8. The lowest BCUT2D eigenvalue weighted by Gasteiger charge is -2.27. The summed E-state index contributed by atoms with van der Waals surface area (Å²) in [5.41, 5.74) is 8.26. The van der Waals surface area contributed by atoms with E-state index in [1.807, 2.05) is 11.3 Å². The molecule has 0 aliphatic carbocycles. The van der Waals surface area contributed by atoms with Gasteiger partial charge in [-0.2, -0.15) is 0 Å². The highest BCUT2D eigenvalue weighted by molar-refractivity contribution is 7.25. The topological polar surface area (TPSA) is 3.24 Å². The quantitative estimate of drug-likeness (QED) is 0.161. The second-order valence-electron chi connectivity index (χ2n) is 14.1. The van der Waals surface area contributed by atoms with Crippen molar-refractivity contribution >= 4 is 91.7 Å². The van der Waals surface area contributed by atoms with Crippen molar-refractivity contribution in [3.63, 3.8) is 0 Å². The maximum absolute atomic E-state index is 2.42. The number of benzene rings is 10. The third-order valence-corrected chi connectivity index (χ3v) is 12.2. The molecular formula is C52H33NS. The fraction of sp³-hybridized carbons (Fsp3) is 0. The maximum Gasteiger partial charge on any atom is 0.0468 e. The molecule has 0 bridgehead atoms. The van der Waals surface area contributed by atoms with Crippen LogP contribution in [0.2, 0.25) is 0 Å². The van der Waals surface area contributed by atoms with E-state index in [2.05, 4.69) is 205 Å². The van der Waals surface area contributed by atoms with Crippen molar-refractivity contribution in [3.8, 4) is 22.3 Å². The van der Waals surface area contributed by atoms with Crippen LogP contribution in [0.1, 0.15) is 0 Å². The Morgan fingerprint density at radius 3 is 1.61 bits per heavy atom. The summed E-state index contributed by atoms with van der Waals surface area (Å²) in [6.45, 7) is 0. The van der Waals surface area contributed by atoms with Gasteiger partial charge in [-0.25, -0.2) is 0 Å². The smallest absolute Gasteiger partial charge is 0.0468 e. The minimum atomic E-state index is 1.11. The highest BCUT2D eigenvalue weighted by Gasteiger charge is 2.18. The summed E-state index contributed by atoms with van der Waals surface area (Å²) in [4.78, 5) is 2.42. The van der Waals surface area contributed by atoms with E-state index in [-0.39, 0.29) is 0 Å². The highest BCUT2D eigenvalue weighted by Crippen LogP contribution is 2.44. The molecule has 0 N–H and O–H groups in total. The summed E-state index contributed by atoms with van der Waals surface area (Å²) in [5.74, 6) is 0. The molecule has 252 valence electrons. The van der Waals surface area contributed by atoms with E-state index in [1.54, 1.807) is 0 Å². The fourth-order valence-electron chi connectivity index (χ4n) is 8.58. The van der Waals surface area contributed by atoms with Crippen LogP contribution in [0.15, 0.2) is 200 Å². The highest BCUT2D eigenvalue weighted by atomic mass is 32.1. The van der Waals surface area contributed by atoms with Crippen LogP contribution in [0.5, 0.6) is 0 Å². The SMILES string of the molecule is c1cc(-c2cccc3ccccc23)cc(N(c2ccc(-c3cccc4sc5ccccc5c34)cc2)c2ccc3c4ccccc4c4ccccc4c3c2)c1. The molecule has 2 heteroatoms. The van der Waals surface area contributed by atoms with E-state index in [0.717, 1.165) is 17.1 Å². The van der Waals surface area contributed by atoms with Crippen LogP contribution in [0.4, 0.5) is 17.1 Å². The molecular weight excluding hydrogens is 671 g/mol. The monoisotopic (exact) mass is 703 g/mol. The molecule has 11 aromatic rings. The van der Waals surface area contributed by atoms with Gasteiger partial charge in [0.2, 0.25) is 0 Å². The second-order valence-corrected chi connectivity index (χ2v) is 15.1. The van der Waals surface area contributed by atoms with Crippen LogP contribution < -0.4 is 4.90 Å². The van der Waals surface area contributed by atoms with Crippen molar-refractivity contribution in [1.29, 1.82) is 0 Å². The summed E-state index contributed by atoms with van der Waals surface area (Å²) in [6, 6.07) is 73.5. The number of anilines is 3. The van der Waals surface area contributed by atoms with Gasteiger partial charge in [-0.1, -0.05) is 152 Å². The van der Waals surface area contributed by atoms with Gasteiger partial charge >= 0.3 is 0 Å². The standard InChI is InChI=1S/C52H33NS/c1-2-16-40-34(12-1)13-10-22-41(40)36-14-9-15-38(32-36)53(39-30-31-47-45-19-4-3-17-43(45)44-18-5-6-20-46(44)49(47)33-39)37-28-26-35(27-29-37)42-23-11-25-51-52(42)48-21-7-8-24-50(48)54-51/h1-33H. The van der Waals surface area contributed by atoms with Gasteiger partial charge in [-0.3, -0.25) is 0 Å². The van der Waals surface area contributed by atoms with Gasteiger partial charge in [0.25, 0.3) is 0 Å². The van der Waals surface area contributed by atoms with E-state index in [9.17, 15) is 0 Å². The predicted octanol–water partition coefficient (Wildman–Crippen LogP) is 15.5. The van der Waals surface area contributed by atoms with Crippen LogP contribution in [0.25, 0.3) is 85.5 Å². The lowest BCUT2D eigenvalue weighted by molar-refractivity contribution is 1.29. The van der Waals surface area contributed by atoms with E-state index in [1.165, 1.54) is 85.5 Å². The van der Waals surface area contributed by atoms with E-state index >= 15 is 0 Å². The summed E-state index contributed by atoms with van der Waals surface area (Å²) >= 11 is 1.87. The second kappa shape index (κ2) is 12.4. The van der Waals surface area contributed by atoms with Gasteiger partial charge in [-0.05, 0) is 114 Å². The lowest BCUT2D eigenvalue weighted by atomic mass is 9.93. The first-order valence-electron chi connectivity index (χ1n) is 18.5. The van der Waals surface area contributed by atoms with E-state index in [4.69, 9.17) is 0 Å². The number of thiophene rings is 1. The molecule has 0 spiro atoms. The number of hydrogen-bond donors (Lipinski definition) is 0. The summed E-state index contributed by atoms with van der Waals surface area (Å²) in [7, 11) is 0. The molecule has 0 aliphatic heterocycles. The van der Waals surface area contributed by atoms with Crippen molar-refractivity contribution in [2.75, 3.05) is 4.90 Å². The zero-order valence-electron chi connectivity index (χ0n) is 29.4. The van der Waals surface area contributed by atoms with Crippen molar-refractivity contribution in [2.24, 2.45) is 0 Å². The Hall–Kier alpha value is -6.74. The molecule has 0 amide bonds. The van der Waals surface area contributed by atoms with Gasteiger partial charge in [0, 0.05) is 37.2 Å². The van der Waals surface area contributed by atoms with E-state index in [0.29, 0.717) is 0 Å². The number of hydrogen-bond acceptors (Lipinski definition) is 2. The Bertz CT molecular complexity index is 3190. The zero-order chi connectivity index (χ0) is 35.6. The van der Waals surface area contributed by atoms with E-state index < -0.39 is 0 Å². The third-order valence-electron chi connectivity index (χ3n) is 11.0. The largest absolute Gasteiger partial charge is 0.310 e. The number of nitrogens with zero attached hydrogens (tertiary/aromatic N) is 1. The Morgan fingerprint density at radius 1 is 0.296 bits per heavy atom. The predicted molar refractivity (Wildman–Crippen MR) is 235 cm³/mol. The average Bonchev–Trinajstić information content (AvgIpc) is 3.63. The van der Waals surface area contributed by atoms with Gasteiger partial charge in [0.1, 0.15) is 0 Å². The molecule has 0 saturated heterocycles. The minimum absolute atomic E-state index is 1.11. The molecule has 1 aromatic heterocycles. The summed E-state index contributed by atoms with van der Waals surface area (Å²) in [6.07, 6.45) is 0. The van der Waals surface area contributed by atoms with Gasteiger partial charge in [0.15, 0.2) is 0 Å². The number of fused-ring (bicyclic) bond motifs is 10. The van der Waals surface area contributed by atoms with Crippen molar-refractivity contribution in [3.05, 3.63) is 200 Å². The first-order chi connectivity index (χ1) is 26.8. The normalized spacial score (nSPS) is 11.7. The molecule has 0 unspecified atom stereocenters. The fourth-order valence-corrected chi connectivity index (χ4v) is 9.71. The van der Waals surface area contributed by atoms with Crippen LogP contribution in [-0.2, 0) is 0 Å². The Balaban J connectivity index is 1.12. The Labute approximate surface area is 317 Å². The van der Waals surface area contributed by atoms with Crippen molar-refractivity contribution in [1.82, 2.24) is 0 Å². The minimum Gasteiger partial charge on any atom is -0.310 e. The average molecular weight is 704 g/mol. The van der Waals surface area contributed by atoms with Crippen LogP contribution >= 0.6 is 11.3 Å². The van der Waals surface area contributed by atoms with Crippen molar-refractivity contribution < 1.29 is 0 Å². The molecule has 10 aromatic carbocycles. The van der Waals surface area contributed by atoms with Crippen LogP contribution in [0.3, 0.4) is 0 Å². The molecule has 1 nitrogen and oxygen atoms in total. The van der Waals surface area contributed by atoms with Crippen LogP contribution in [0, 0.1) is 0 Å². The molecule has 0 aliphatic rings. The van der Waals surface area contributed by atoms with Gasteiger partial charge < -0.3 is 4.90 Å². The summed E-state index contributed by atoms with van der Waals surface area (Å²) < 4.78 is 2.64. The molecule has 0 saturated carbocycles. The molecule has 11 rings (SSSR count). The van der Waals surface area contributed by atoms with Gasteiger partial charge in [0.05, 0.1) is 0 Å². The Morgan fingerprint density at radius 2 is 0.833 bits per heavy atom. The number of rotatable bonds is 5. The zero-order valence-corrected chi connectivity index (χ0v) is 30.2. The van der Waals surface area contributed by atoms with Crippen LogP contribution in [-0.4, -0.2) is 0 Å². The molecule has 0 atom stereocenters. The molecule has 1 heterocycles. The molecule has 0 radical (unpaired) electrons. The maximum atomic E-state index is 2.42. The Kier molecular flexibility index (Phi) is 7.11. The van der Waals surface area contributed by atoms with Gasteiger partial charge in [-0.15, -0.1) is 11.3 Å². The summed E-state index contributed by atoms with van der Waals surface area (Å²) in [5, 5.41) is 12.8.